The molecular weight excluding hydrogens is 266 g/mol. The molecule has 1 fully saturated rings. The summed E-state index contributed by atoms with van der Waals surface area (Å²) in [6.45, 7) is 2.92. The van der Waals surface area contributed by atoms with Crippen LogP contribution in [0.1, 0.15) is 43.4 Å². The third-order valence-corrected chi connectivity index (χ3v) is 5.03. The molecule has 1 aliphatic carbocycles. The largest absolute Gasteiger partial charge is 0.497 e. The summed E-state index contributed by atoms with van der Waals surface area (Å²) in [5, 5.41) is 9.57. The summed E-state index contributed by atoms with van der Waals surface area (Å²) in [4.78, 5) is 13.8. The number of methoxy groups -OCH3 is 1. The Kier molecular flexibility index (Phi) is 3.89. The molecule has 114 valence electrons. The topological polar surface area (TPSA) is 49.8 Å². The number of nitrogens with zero attached hydrogens (tertiary/aromatic N) is 1. The molecule has 0 radical (unpaired) electrons. The third-order valence-electron chi connectivity index (χ3n) is 5.03. The van der Waals surface area contributed by atoms with Crippen LogP contribution in [0.15, 0.2) is 18.2 Å². The lowest BCUT2D eigenvalue weighted by Gasteiger charge is -2.36. The summed E-state index contributed by atoms with van der Waals surface area (Å²) in [5.74, 6) is 0.397. The molecule has 0 amide bonds. The molecule has 1 aromatic carbocycles. The number of benzene rings is 1. The monoisotopic (exact) mass is 289 g/mol. The van der Waals surface area contributed by atoms with E-state index < -0.39 is 5.97 Å². The van der Waals surface area contributed by atoms with E-state index in [1.807, 2.05) is 13.0 Å². The SMILES string of the molecule is COc1ccc2c(c1)C(N1CCC(C)C1C(=O)O)CCC2. The maximum absolute atomic E-state index is 11.6. The summed E-state index contributed by atoms with van der Waals surface area (Å²) in [7, 11) is 1.68. The van der Waals surface area contributed by atoms with Crippen molar-refractivity contribution in [1.29, 1.82) is 0 Å². The Hall–Kier alpha value is -1.55. The van der Waals surface area contributed by atoms with Crippen molar-refractivity contribution in [3.63, 3.8) is 0 Å². The van der Waals surface area contributed by atoms with Crippen LogP contribution in [0, 0.1) is 5.92 Å². The van der Waals surface area contributed by atoms with Crippen molar-refractivity contribution in [1.82, 2.24) is 4.90 Å². The smallest absolute Gasteiger partial charge is 0.321 e. The number of hydrogen-bond donors (Lipinski definition) is 1. The lowest BCUT2D eigenvalue weighted by Crippen LogP contribution is -2.42. The summed E-state index contributed by atoms with van der Waals surface area (Å²) in [6.07, 6.45) is 4.21. The quantitative estimate of drug-likeness (QED) is 0.929. The zero-order valence-corrected chi connectivity index (χ0v) is 12.7. The van der Waals surface area contributed by atoms with Crippen LogP contribution in [-0.4, -0.2) is 35.7 Å². The molecule has 1 saturated heterocycles. The van der Waals surface area contributed by atoms with Gasteiger partial charge < -0.3 is 9.84 Å². The first-order valence-electron chi connectivity index (χ1n) is 7.77. The molecule has 1 aliphatic heterocycles. The van der Waals surface area contributed by atoms with E-state index in [2.05, 4.69) is 17.0 Å². The van der Waals surface area contributed by atoms with Gasteiger partial charge in [-0.3, -0.25) is 9.69 Å². The van der Waals surface area contributed by atoms with Crippen LogP contribution in [0.3, 0.4) is 0 Å². The number of ether oxygens (including phenoxy) is 1. The number of fused-ring (bicyclic) bond motifs is 1. The zero-order chi connectivity index (χ0) is 15.0. The van der Waals surface area contributed by atoms with Gasteiger partial charge in [-0.15, -0.1) is 0 Å². The first-order chi connectivity index (χ1) is 10.1. The molecule has 0 aromatic heterocycles. The second kappa shape index (κ2) is 5.68. The first kappa shape index (κ1) is 14.4. The van der Waals surface area contributed by atoms with Crippen LogP contribution >= 0.6 is 0 Å². The Morgan fingerprint density at radius 3 is 2.90 bits per heavy atom. The molecule has 2 aliphatic rings. The fraction of sp³-hybridized carbons (Fsp3) is 0.588. The van der Waals surface area contributed by atoms with E-state index in [-0.39, 0.29) is 18.0 Å². The lowest BCUT2D eigenvalue weighted by atomic mass is 9.86. The van der Waals surface area contributed by atoms with Gasteiger partial charge in [-0.05, 0) is 61.4 Å². The molecule has 0 spiro atoms. The fourth-order valence-corrected chi connectivity index (χ4v) is 3.94. The van der Waals surface area contributed by atoms with E-state index >= 15 is 0 Å². The molecule has 4 heteroatoms. The van der Waals surface area contributed by atoms with Gasteiger partial charge in [-0.25, -0.2) is 0 Å². The van der Waals surface area contributed by atoms with E-state index in [0.29, 0.717) is 0 Å². The summed E-state index contributed by atoms with van der Waals surface area (Å²) in [6, 6.07) is 6.10. The van der Waals surface area contributed by atoms with Crippen LogP contribution in [-0.2, 0) is 11.2 Å². The fourth-order valence-electron chi connectivity index (χ4n) is 3.94. The Labute approximate surface area is 125 Å². The molecule has 1 aromatic rings. The van der Waals surface area contributed by atoms with Crippen LogP contribution in [0.5, 0.6) is 5.75 Å². The van der Waals surface area contributed by atoms with Gasteiger partial charge in [0.1, 0.15) is 11.8 Å². The number of carboxylic acid groups (broad SMARTS) is 1. The number of aryl methyl sites for hydroxylation is 1. The molecule has 3 atom stereocenters. The standard InChI is InChI=1S/C17H23NO3/c1-11-8-9-18(16(11)17(19)20)15-5-3-4-12-6-7-13(21-2)10-14(12)15/h6-7,10-11,15-16H,3-5,8-9H2,1-2H3,(H,19,20). The molecule has 3 unspecified atom stereocenters. The molecule has 1 heterocycles. The average molecular weight is 289 g/mol. The highest BCUT2D eigenvalue weighted by Crippen LogP contribution is 2.41. The van der Waals surface area contributed by atoms with Crippen molar-refractivity contribution in [2.24, 2.45) is 5.92 Å². The molecule has 1 N–H and O–H groups in total. The van der Waals surface area contributed by atoms with Crippen LogP contribution < -0.4 is 4.74 Å². The number of aliphatic carboxylic acids is 1. The van der Waals surface area contributed by atoms with Gasteiger partial charge in [0.05, 0.1) is 7.11 Å². The summed E-state index contributed by atoms with van der Waals surface area (Å²) < 4.78 is 5.35. The molecule has 0 saturated carbocycles. The van der Waals surface area contributed by atoms with E-state index in [4.69, 9.17) is 4.74 Å². The molecule has 0 bridgehead atoms. The lowest BCUT2D eigenvalue weighted by molar-refractivity contribution is -0.144. The second-order valence-corrected chi connectivity index (χ2v) is 6.26. The highest BCUT2D eigenvalue weighted by Gasteiger charge is 2.41. The summed E-state index contributed by atoms with van der Waals surface area (Å²) in [5.41, 5.74) is 2.61. The van der Waals surface area contributed by atoms with Crippen molar-refractivity contribution >= 4 is 5.97 Å². The highest BCUT2D eigenvalue weighted by atomic mass is 16.5. The molecule has 21 heavy (non-hydrogen) atoms. The maximum atomic E-state index is 11.6. The van der Waals surface area contributed by atoms with Crippen LogP contribution in [0.4, 0.5) is 0 Å². The first-order valence-corrected chi connectivity index (χ1v) is 7.77. The van der Waals surface area contributed by atoms with Gasteiger partial charge in [0, 0.05) is 6.04 Å². The van der Waals surface area contributed by atoms with Gasteiger partial charge in [0.15, 0.2) is 0 Å². The Bertz CT molecular complexity index is 543. The van der Waals surface area contributed by atoms with Gasteiger partial charge in [-0.2, -0.15) is 0 Å². The Morgan fingerprint density at radius 2 is 2.19 bits per heavy atom. The minimum absolute atomic E-state index is 0.217. The normalized spacial score (nSPS) is 29.1. The number of hydrogen-bond acceptors (Lipinski definition) is 3. The maximum Gasteiger partial charge on any atom is 0.321 e. The zero-order valence-electron chi connectivity index (χ0n) is 12.7. The second-order valence-electron chi connectivity index (χ2n) is 6.26. The van der Waals surface area contributed by atoms with Crippen molar-refractivity contribution < 1.29 is 14.6 Å². The Morgan fingerprint density at radius 1 is 1.38 bits per heavy atom. The minimum Gasteiger partial charge on any atom is -0.497 e. The predicted octanol–water partition coefficient (Wildman–Crippen LogP) is 2.87. The summed E-state index contributed by atoms with van der Waals surface area (Å²) >= 11 is 0. The number of likely N-dealkylation sites (tertiary alicyclic amines) is 1. The van der Waals surface area contributed by atoms with Gasteiger partial charge in [0.2, 0.25) is 0 Å². The van der Waals surface area contributed by atoms with Crippen molar-refractivity contribution in [2.45, 2.75) is 44.7 Å². The number of rotatable bonds is 3. The molecular formula is C17H23NO3. The van der Waals surface area contributed by atoms with Crippen LogP contribution in [0.2, 0.25) is 0 Å². The number of carboxylic acids is 1. The van der Waals surface area contributed by atoms with Gasteiger partial charge in [0.25, 0.3) is 0 Å². The van der Waals surface area contributed by atoms with E-state index in [1.54, 1.807) is 7.11 Å². The van der Waals surface area contributed by atoms with Gasteiger partial charge >= 0.3 is 5.97 Å². The van der Waals surface area contributed by atoms with Crippen molar-refractivity contribution in [2.75, 3.05) is 13.7 Å². The molecule has 4 nitrogen and oxygen atoms in total. The van der Waals surface area contributed by atoms with E-state index in [0.717, 1.165) is 38.0 Å². The average Bonchev–Trinajstić information content (AvgIpc) is 2.87. The van der Waals surface area contributed by atoms with E-state index in [1.165, 1.54) is 11.1 Å². The van der Waals surface area contributed by atoms with E-state index in [9.17, 15) is 9.90 Å². The number of carbonyl (C=O) groups is 1. The minimum atomic E-state index is -0.685. The Balaban J connectivity index is 1.96. The molecule has 3 rings (SSSR count). The predicted molar refractivity (Wildman–Crippen MR) is 80.6 cm³/mol. The van der Waals surface area contributed by atoms with Crippen molar-refractivity contribution in [3.8, 4) is 5.75 Å². The highest BCUT2D eigenvalue weighted by molar-refractivity contribution is 5.74. The van der Waals surface area contributed by atoms with Gasteiger partial charge in [-0.1, -0.05) is 13.0 Å². The third kappa shape index (κ3) is 2.53. The van der Waals surface area contributed by atoms with Crippen molar-refractivity contribution in [3.05, 3.63) is 29.3 Å². The van der Waals surface area contributed by atoms with Crippen LogP contribution in [0.25, 0.3) is 0 Å².